The van der Waals surface area contributed by atoms with Gasteiger partial charge in [0.1, 0.15) is 0 Å². The lowest BCUT2D eigenvalue weighted by molar-refractivity contribution is 1.19. The van der Waals surface area contributed by atoms with Gasteiger partial charge in [-0.15, -0.1) is 11.3 Å². The molecule has 2 aromatic heterocycles. The number of thiophene rings is 1. The maximum atomic E-state index is 2.46. The van der Waals surface area contributed by atoms with Gasteiger partial charge >= 0.3 is 0 Å². The maximum absolute atomic E-state index is 2.46. The molecule has 0 aliphatic carbocycles. The van der Waals surface area contributed by atoms with Crippen molar-refractivity contribution in [2.24, 2.45) is 0 Å². The molecule has 0 amide bonds. The van der Waals surface area contributed by atoms with Crippen LogP contribution >= 0.6 is 11.3 Å². The monoisotopic (exact) mass is 449 g/mol. The molecule has 0 radical (unpaired) electrons. The minimum Gasteiger partial charge on any atom is -0.309 e. The van der Waals surface area contributed by atoms with Gasteiger partial charge < -0.3 is 4.57 Å². The molecule has 0 aliphatic rings. The molecule has 34 heavy (non-hydrogen) atoms. The zero-order valence-electron chi connectivity index (χ0n) is 18.3. The molecular formula is C32H19NS. The highest BCUT2D eigenvalue weighted by molar-refractivity contribution is 7.27. The highest BCUT2D eigenvalue weighted by Gasteiger charge is 2.22. The fourth-order valence-electron chi connectivity index (χ4n) is 5.78. The Bertz CT molecular complexity index is 2060. The minimum absolute atomic E-state index is 1.20. The lowest BCUT2D eigenvalue weighted by atomic mass is 9.95. The van der Waals surface area contributed by atoms with Gasteiger partial charge in [0.15, 0.2) is 0 Å². The van der Waals surface area contributed by atoms with E-state index in [0.29, 0.717) is 0 Å². The van der Waals surface area contributed by atoms with Crippen LogP contribution in [0.25, 0.3) is 69.2 Å². The van der Waals surface area contributed by atoms with Crippen LogP contribution in [-0.2, 0) is 0 Å². The second-order valence-corrected chi connectivity index (χ2v) is 9.98. The molecular weight excluding hydrogens is 430 g/mol. The molecule has 0 aliphatic heterocycles. The lowest BCUT2D eigenvalue weighted by Gasteiger charge is -2.12. The Morgan fingerprint density at radius 1 is 0.471 bits per heavy atom. The van der Waals surface area contributed by atoms with Gasteiger partial charge in [0.25, 0.3) is 0 Å². The van der Waals surface area contributed by atoms with E-state index >= 15 is 0 Å². The molecule has 6 aromatic carbocycles. The number of hydrogen-bond acceptors (Lipinski definition) is 1. The maximum Gasteiger partial charge on any atom is 0.0634 e. The van der Waals surface area contributed by atoms with Gasteiger partial charge in [0.2, 0.25) is 0 Å². The van der Waals surface area contributed by atoms with E-state index in [0.717, 1.165) is 0 Å². The van der Waals surface area contributed by atoms with Crippen molar-refractivity contribution in [3.8, 4) is 5.69 Å². The average molecular weight is 450 g/mol. The molecule has 0 atom stereocenters. The van der Waals surface area contributed by atoms with Crippen LogP contribution in [0.4, 0.5) is 0 Å². The van der Waals surface area contributed by atoms with Crippen LogP contribution in [0.1, 0.15) is 0 Å². The second kappa shape index (κ2) is 6.69. The Labute approximate surface area is 200 Å². The second-order valence-electron chi connectivity index (χ2n) is 8.92. The number of aromatic nitrogens is 1. The summed E-state index contributed by atoms with van der Waals surface area (Å²) in [6.07, 6.45) is 0. The first-order chi connectivity index (χ1) is 16.9. The molecule has 8 aromatic rings. The first kappa shape index (κ1) is 18.3. The summed E-state index contributed by atoms with van der Waals surface area (Å²) >= 11 is 1.92. The molecule has 0 saturated carbocycles. The van der Waals surface area contributed by atoms with Gasteiger partial charge in [-0.05, 0) is 35.0 Å². The summed E-state index contributed by atoms with van der Waals surface area (Å²) in [6, 6.07) is 42.0. The zero-order valence-corrected chi connectivity index (χ0v) is 19.1. The van der Waals surface area contributed by atoms with Crippen molar-refractivity contribution in [3.05, 3.63) is 115 Å². The van der Waals surface area contributed by atoms with Crippen molar-refractivity contribution in [1.82, 2.24) is 4.57 Å². The number of para-hydroxylation sites is 2. The highest BCUT2D eigenvalue weighted by Crippen LogP contribution is 2.49. The Kier molecular flexibility index (Phi) is 3.60. The molecule has 1 nitrogen and oxygen atoms in total. The number of rotatable bonds is 1. The smallest absolute Gasteiger partial charge is 0.0634 e. The first-order valence-electron chi connectivity index (χ1n) is 11.6. The summed E-state index contributed by atoms with van der Waals surface area (Å²) < 4.78 is 5.19. The molecule has 2 heterocycles. The molecule has 0 saturated heterocycles. The lowest BCUT2D eigenvalue weighted by Crippen LogP contribution is -1.94. The fraction of sp³-hybridized carbons (Fsp3) is 0. The third-order valence-corrected chi connectivity index (χ3v) is 8.33. The molecule has 158 valence electrons. The zero-order chi connectivity index (χ0) is 22.2. The van der Waals surface area contributed by atoms with Crippen molar-refractivity contribution in [2.45, 2.75) is 0 Å². The van der Waals surface area contributed by atoms with Crippen LogP contribution in [0.5, 0.6) is 0 Å². The van der Waals surface area contributed by atoms with Crippen molar-refractivity contribution in [1.29, 1.82) is 0 Å². The standard InChI is InChI=1S/C32H19NS/c1-2-11-21(12-3-1)33-26-16-8-6-14-23(26)30-31(33)25-19-18-20-10-4-5-13-22(20)28(25)29-24-15-7-9-17-27(24)34-32(29)30/h1-19H. The van der Waals surface area contributed by atoms with E-state index in [4.69, 9.17) is 0 Å². The van der Waals surface area contributed by atoms with Crippen LogP contribution in [0.2, 0.25) is 0 Å². The van der Waals surface area contributed by atoms with Gasteiger partial charge in [-0.25, -0.2) is 0 Å². The Morgan fingerprint density at radius 3 is 2.06 bits per heavy atom. The van der Waals surface area contributed by atoms with E-state index in [2.05, 4.69) is 120 Å². The van der Waals surface area contributed by atoms with Gasteiger partial charge in [0.05, 0.1) is 11.0 Å². The molecule has 0 fully saturated rings. The summed E-state index contributed by atoms with van der Waals surface area (Å²) in [5, 5.41) is 10.7. The van der Waals surface area contributed by atoms with E-state index in [-0.39, 0.29) is 0 Å². The molecule has 8 rings (SSSR count). The molecule has 0 unspecified atom stereocenters. The van der Waals surface area contributed by atoms with Gasteiger partial charge in [-0.1, -0.05) is 91.0 Å². The third-order valence-electron chi connectivity index (χ3n) is 7.15. The van der Waals surface area contributed by atoms with E-state index < -0.39 is 0 Å². The summed E-state index contributed by atoms with van der Waals surface area (Å²) in [5.74, 6) is 0. The van der Waals surface area contributed by atoms with Gasteiger partial charge in [-0.3, -0.25) is 0 Å². The summed E-state index contributed by atoms with van der Waals surface area (Å²) in [5.41, 5.74) is 3.75. The summed E-state index contributed by atoms with van der Waals surface area (Å²) in [7, 11) is 0. The topological polar surface area (TPSA) is 4.93 Å². The van der Waals surface area contributed by atoms with E-state index in [1.807, 2.05) is 11.3 Å². The quantitative estimate of drug-likeness (QED) is 0.220. The van der Waals surface area contributed by atoms with Crippen molar-refractivity contribution < 1.29 is 0 Å². The van der Waals surface area contributed by atoms with Crippen LogP contribution in [0, 0.1) is 0 Å². The Balaban J connectivity index is 1.79. The predicted molar refractivity (Wildman–Crippen MR) is 149 cm³/mol. The summed E-state index contributed by atoms with van der Waals surface area (Å²) in [6.45, 7) is 0. The average Bonchev–Trinajstić information content (AvgIpc) is 3.45. The molecule has 0 N–H and O–H groups in total. The number of fused-ring (bicyclic) bond motifs is 12. The fourth-order valence-corrected chi connectivity index (χ4v) is 7.05. The Morgan fingerprint density at radius 2 is 1.18 bits per heavy atom. The van der Waals surface area contributed by atoms with Crippen LogP contribution < -0.4 is 0 Å². The van der Waals surface area contributed by atoms with E-state index in [1.54, 1.807) is 0 Å². The van der Waals surface area contributed by atoms with Gasteiger partial charge in [-0.2, -0.15) is 0 Å². The first-order valence-corrected chi connectivity index (χ1v) is 12.4. The van der Waals surface area contributed by atoms with Crippen LogP contribution in [-0.4, -0.2) is 4.57 Å². The Hall–Kier alpha value is -4.14. The van der Waals surface area contributed by atoms with E-state index in [1.165, 1.54) is 69.2 Å². The van der Waals surface area contributed by atoms with Crippen LogP contribution in [0.15, 0.2) is 115 Å². The predicted octanol–water partition coefficient (Wildman–Crippen LogP) is 9.46. The van der Waals surface area contributed by atoms with Gasteiger partial charge in [0, 0.05) is 47.4 Å². The van der Waals surface area contributed by atoms with E-state index in [9.17, 15) is 0 Å². The summed E-state index contributed by atoms with van der Waals surface area (Å²) in [4.78, 5) is 0. The molecule has 0 bridgehead atoms. The number of benzene rings is 6. The van der Waals surface area contributed by atoms with Crippen molar-refractivity contribution >= 4 is 74.9 Å². The van der Waals surface area contributed by atoms with Crippen LogP contribution in [0.3, 0.4) is 0 Å². The van der Waals surface area contributed by atoms with Crippen molar-refractivity contribution in [3.63, 3.8) is 0 Å². The highest BCUT2D eigenvalue weighted by atomic mass is 32.1. The molecule has 2 heteroatoms. The third kappa shape index (κ3) is 2.28. The van der Waals surface area contributed by atoms with Crippen molar-refractivity contribution in [2.75, 3.05) is 0 Å². The molecule has 0 spiro atoms. The number of nitrogens with zero attached hydrogens (tertiary/aromatic N) is 1. The normalized spacial score (nSPS) is 12.1. The minimum atomic E-state index is 1.20. The SMILES string of the molecule is c1ccc(-n2c3ccccc3c3c4sc5ccccc5c4c4c5ccccc5ccc4c32)cc1. The largest absolute Gasteiger partial charge is 0.309 e. The number of hydrogen-bond donors (Lipinski definition) is 0.